The molecule has 1 N–H and O–H groups in total. The number of benzene rings is 1. The molecule has 150 valence electrons. The van der Waals surface area contributed by atoms with Gasteiger partial charge in [-0.15, -0.1) is 6.58 Å². The summed E-state index contributed by atoms with van der Waals surface area (Å²) in [6.45, 7) is 9.12. The summed E-state index contributed by atoms with van der Waals surface area (Å²) in [5.74, 6) is 1.41. The Morgan fingerprint density at radius 2 is 1.89 bits per heavy atom. The highest BCUT2D eigenvalue weighted by molar-refractivity contribution is 5.84. The molecule has 2 rings (SSSR count). The average molecular weight is 383 g/mol. The quantitative estimate of drug-likeness (QED) is 0.640. The molecule has 0 saturated carbocycles. The van der Waals surface area contributed by atoms with Gasteiger partial charge < -0.3 is 19.5 Å². The van der Waals surface area contributed by atoms with Gasteiger partial charge in [-0.1, -0.05) is 36.4 Å². The van der Waals surface area contributed by atoms with Gasteiger partial charge in [-0.2, -0.15) is 0 Å². The maximum atomic E-state index is 13.0. The lowest BCUT2D eigenvalue weighted by Gasteiger charge is -2.26. The van der Waals surface area contributed by atoms with Gasteiger partial charge in [0.05, 0.1) is 6.54 Å². The molecule has 0 aliphatic carbocycles. The third-order valence-corrected chi connectivity index (χ3v) is 4.30. The van der Waals surface area contributed by atoms with Crippen LogP contribution in [0.1, 0.15) is 24.0 Å². The van der Waals surface area contributed by atoms with Crippen molar-refractivity contribution in [3.63, 3.8) is 0 Å². The summed E-state index contributed by atoms with van der Waals surface area (Å²) in [6, 6.07) is 13.5. The molecule has 1 heterocycles. The molecule has 0 radical (unpaired) electrons. The van der Waals surface area contributed by atoms with Gasteiger partial charge in [0.1, 0.15) is 18.1 Å². The number of carbonyl (C=O) groups excluding carboxylic acids is 2. The second kappa shape index (κ2) is 11.0. The van der Waals surface area contributed by atoms with Gasteiger partial charge >= 0.3 is 6.03 Å². The van der Waals surface area contributed by atoms with Crippen molar-refractivity contribution in [1.82, 2.24) is 15.1 Å². The molecule has 2 aromatic rings. The molecule has 0 aliphatic rings. The van der Waals surface area contributed by atoms with E-state index in [4.69, 9.17) is 4.42 Å². The standard InChI is InChI=1S/C22H29N3O3/c1-4-14-25(22(27)23-5-2)17-21(26)24(16-20-12-11-18(3)28-20)15-13-19-9-7-6-8-10-19/h4,6-12H,1,5,13-17H2,2-3H3,(H,23,27). The molecule has 3 amide bonds. The van der Waals surface area contributed by atoms with E-state index in [2.05, 4.69) is 11.9 Å². The van der Waals surface area contributed by atoms with Crippen molar-refractivity contribution in [3.8, 4) is 0 Å². The molecule has 1 aromatic carbocycles. The first-order valence-corrected chi connectivity index (χ1v) is 9.54. The van der Waals surface area contributed by atoms with Crippen molar-refractivity contribution in [1.29, 1.82) is 0 Å². The maximum Gasteiger partial charge on any atom is 0.318 e. The minimum atomic E-state index is -0.271. The van der Waals surface area contributed by atoms with E-state index in [9.17, 15) is 9.59 Å². The highest BCUT2D eigenvalue weighted by atomic mass is 16.3. The number of rotatable bonds is 10. The molecule has 28 heavy (non-hydrogen) atoms. The van der Waals surface area contributed by atoms with Gasteiger partial charge in [-0.3, -0.25) is 4.79 Å². The number of hydrogen-bond donors (Lipinski definition) is 1. The predicted octanol–water partition coefficient (Wildman–Crippen LogP) is 3.38. The minimum absolute atomic E-state index is 0.00761. The average Bonchev–Trinajstić information content (AvgIpc) is 3.10. The Morgan fingerprint density at radius 3 is 2.50 bits per heavy atom. The second-order valence-corrected chi connectivity index (χ2v) is 6.57. The van der Waals surface area contributed by atoms with Crippen LogP contribution in [0.15, 0.2) is 59.5 Å². The van der Waals surface area contributed by atoms with Crippen molar-refractivity contribution in [2.75, 3.05) is 26.2 Å². The zero-order valence-electron chi connectivity index (χ0n) is 16.7. The first-order valence-electron chi connectivity index (χ1n) is 9.54. The number of amides is 3. The van der Waals surface area contributed by atoms with Crippen molar-refractivity contribution in [3.05, 3.63) is 72.2 Å². The lowest BCUT2D eigenvalue weighted by atomic mass is 10.1. The number of aryl methyl sites for hydroxylation is 1. The normalized spacial score (nSPS) is 10.4. The second-order valence-electron chi connectivity index (χ2n) is 6.57. The summed E-state index contributed by atoms with van der Waals surface area (Å²) in [4.78, 5) is 28.4. The molecule has 0 atom stereocenters. The lowest BCUT2D eigenvalue weighted by molar-refractivity contribution is -0.132. The predicted molar refractivity (Wildman–Crippen MR) is 110 cm³/mol. The van der Waals surface area contributed by atoms with Crippen molar-refractivity contribution < 1.29 is 14.0 Å². The van der Waals surface area contributed by atoms with Crippen LogP contribution in [0.2, 0.25) is 0 Å². The summed E-state index contributed by atoms with van der Waals surface area (Å²) in [7, 11) is 0. The van der Waals surface area contributed by atoms with E-state index in [1.54, 1.807) is 11.0 Å². The van der Waals surface area contributed by atoms with E-state index in [1.807, 2.05) is 56.3 Å². The third-order valence-electron chi connectivity index (χ3n) is 4.30. The van der Waals surface area contributed by atoms with E-state index >= 15 is 0 Å². The zero-order chi connectivity index (χ0) is 20.4. The SMILES string of the molecule is C=CCN(CC(=O)N(CCc1ccccc1)Cc1ccc(C)o1)C(=O)NCC. The highest BCUT2D eigenvalue weighted by Crippen LogP contribution is 2.12. The molecule has 6 heteroatoms. The number of nitrogens with zero attached hydrogens (tertiary/aromatic N) is 2. The fraction of sp³-hybridized carbons (Fsp3) is 0.364. The van der Waals surface area contributed by atoms with E-state index in [-0.39, 0.29) is 18.5 Å². The van der Waals surface area contributed by atoms with Crippen molar-refractivity contribution >= 4 is 11.9 Å². The summed E-state index contributed by atoms with van der Waals surface area (Å²) < 4.78 is 5.65. The van der Waals surface area contributed by atoms with Crippen LogP contribution in [0.3, 0.4) is 0 Å². The number of hydrogen-bond acceptors (Lipinski definition) is 3. The first-order chi connectivity index (χ1) is 13.5. The number of urea groups is 1. The summed E-state index contributed by atoms with van der Waals surface area (Å²) in [5, 5.41) is 2.74. The monoisotopic (exact) mass is 383 g/mol. The molecule has 0 bridgehead atoms. The van der Waals surface area contributed by atoms with Crippen molar-refractivity contribution in [2.24, 2.45) is 0 Å². The molecule has 0 aliphatic heterocycles. The van der Waals surface area contributed by atoms with Crippen LogP contribution in [0.25, 0.3) is 0 Å². The van der Waals surface area contributed by atoms with Crippen LogP contribution in [0.5, 0.6) is 0 Å². The van der Waals surface area contributed by atoms with Gasteiger partial charge in [-0.05, 0) is 38.0 Å². The van der Waals surface area contributed by atoms with Gasteiger partial charge in [0, 0.05) is 19.6 Å². The minimum Gasteiger partial charge on any atom is -0.464 e. The fourth-order valence-electron chi connectivity index (χ4n) is 2.86. The van der Waals surface area contributed by atoms with Crippen LogP contribution < -0.4 is 5.32 Å². The van der Waals surface area contributed by atoms with E-state index < -0.39 is 0 Å². The lowest BCUT2D eigenvalue weighted by Crippen LogP contribution is -2.47. The topological polar surface area (TPSA) is 65.8 Å². The molecule has 6 nitrogen and oxygen atoms in total. The number of carbonyl (C=O) groups is 2. The Kier molecular flexibility index (Phi) is 8.34. The van der Waals surface area contributed by atoms with Crippen LogP contribution in [0.4, 0.5) is 4.79 Å². The number of furan rings is 1. The van der Waals surface area contributed by atoms with Crippen LogP contribution in [-0.2, 0) is 17.8 Å². The van der Waals surface area contributed by atoms with E-state index in [1.165, 1.54) is 4.90 Å². The zero-order valence-corrected chi connectivity index (χ0v) is 16.7. The summed E-state index contributed by atoms with van der Waals surface area (Å²) in [5.41, 5.74) is 1.16. The molecular formula is C22H29N3O3. The highest BCUT2D eigenvalue weighted by Gasteiger charge is 2.21. The van der Waals surface area contributed by atoms with Crippen LogP contribution >= 0.6 is 0 Å². The summed E-state index contributed by atoms with van der Waals surface area (Å²) >= 11 is 0. The molecule has 0 spiro atoms. The Labute approximate surface area is 166 Å². The molecule has 0 fully saturated rings. The third kappa shape index (κ3) is 6.61. The van der Waals surface area contributed by atoms with Crippen LogP contribution in [0, 0.1) is 6.92 Å². The Hall–Kier alpha value is -3.02. The number of nitrogens with one attached hydrogen (secondary N) is 1. The van der Waals surface area contributed by atoms with Gasteiger partial charge in [0.2, 0.25) is 5.91 Å². The molecule has 1 aromatic heterocycles. The molecule has 0 unspecified atom stereocenters. The van der Waals surface area contributed by atoms with Gasteiger partial charge in [0.15, 0.2) is 0 Å². The Morgan fingerprint density at radius 1 is 1.14 bits per heavy atom. The van der Waals surface area contributed by atoms with Crippen LogP contribution in [-0.4, -0.2) is 47.9 Å². The Bertz CT molecular complexity index is 770. The summed E-state index contributed by atoms with van der Waals surface area (Å²) in [6.07, 6.45) is 2.35. The van der Waals surface area contributed by atoms with E-state index in [0.717, 1.165) is 23.5 Å². The van der Waals surface area contributed by atoms with E-state index in [0.29, 0.717) is 26.2 Å². The van der Waals surface area contributed by atoms with Crippen molar-refractivity contribution in [2.45, 2.75) is 26.8 Å². The maximum absolute atomic E-state index is 13.0. The smallest absolute Gasteiger partial charge is 0.318 e. The fourth-order valence-corrected chi connectivity index (χ4v) is 2.86. The van der Waals surface area contributed by atoms with Gasteiger partial charge in [0.25, 0.3) is 0 Å². The molecule has 0 saturated heterocycles. The Balaban J connectivity index is 2.09. The molecular weight excluding hydrogens is 354 g/mol. The first kappa shape index (κ1) is 21.3. The van der Waals surface area contributed by atoms with Gasteiger partial charge in [-0.25, -0.2) is 4.79 Å². The largest absolute Gasteiger partial charge is 0.464 e.